The normalized spacial score (nSPS) is 18.2. The molecule has 4 nitrogen and oxygen atoms in total. The molecule has 1 unspecified atom stereocenters. The van der Waals surface area contributed by atoms with E-state index in [1.165, 1.54) is 6.42 Å². The first-order chi connectivity index (χ1) is 9.99. The molecule has 0 bridgehead atoms. The Kier molecular flexibility index (Phi) is 5.48. The molecule has 0 radical (unpaired) electrons. The molecule has 0 aromatic heterocycles. The number of nitrogens with zero attached hydrogens (tertiary/aromatic N) is 1. The van der Waals surface area contributed by atoms with Crippen LogP contribution < -0.4 is 10.5 Å². The molecule has 1 heterocycles. The van der Waals surface area contributed by atoms with Gasteiger partial charge in [0, 0.05) is 29.7 Å². The molecule has 1 aromatic carbocycles. The Morgan fingerprint density at radius 3 is 2.57 bits per heavy atom. The lowest BCUT2D eigenvalue weighted by Gasteiger charge is -2.29. The van der Waals surface area contributed by atoms with E-state index in [0.29, 0.717) is 10.8 Å². The Labute approximate surface area is 131 Å². The molecule has 1 aliphatic rings. The molecule has 0 aliphatic carbocycles. The highest BCUT2D eigenvalue weighted by molar-refractivity contribution is 6.30. The maximum Gasteiger partial charge on any atom is 0.263 e. The maximum atomic E-state index is 12.4. The lowest BCUT2D eigenvalue weighted by Crippen LogP contribution is -2.43. The minimum absolute atomic E-state index is 0.0419. The van der Waals surface area contributed by atoms with Crippen molar-refractivity contribution in [2.45, 2.75) is 45.3 Å². The molecule has 0 spiro atoms. The molecule has 5 heteroatoms. The molecule has 116 valence electrons. The summed E-state index contributed by atoms with van der Waals surface area (Å²) in [6, 6.07) is 5.12. The molecule has 2 rings (SSSR count). The monoisotopic (exact) mass is 310 g/mol. The second-order valence-corrected chi connectivity index (χ2v) is 6.05. The molecule has 21 heavy (non-hydrogen) atoms. The highest BCUT2D eigenvalue weighted by Crippen LogP contribution is 2.28. The van der Waals surface area contributed by atoms with Crippen LogP contribution in [0.4, 0.5) is 0 Å². The molecule has 1 saturated heterocycles. The predicted molar refractivity (Wildman–Crippen MR) is 84.6 cm³/mol. The molecule has 1 aromatic rings. The van der Waals surface area contributed by atoms with Gasteiger partial charge in [0.25, 0.3) is 5.91 Å². The van der Waals surface area contributed by atoms with Crippen molar-refractivity contribution < 1.29 is 9.53 Å². The van der Waals surface area contributed by atoms with E-state index in [4.69, 9.17) is 22.1 Å². The molecular weight excluding hydrogens is 288 g/mol. The third kappa shape index (κ3) is 4.11. The number of hydrogen-bond donors (Lipinski definition) is 1. The van der Waals surface area contributed by atoms with Crippen molar-refractivity contribution in [3.8, 4) is 5.75 Å². The van der Waals surface area contributed by atoms with Gasteiger partial charge in [0.2, 0.25) is 0 Å². The Morgan fingerprint density at radius 1 is 1.29 bits per heavy atom. The molecule has 2 N–H and O–H groups in total. The van der Waals surface area contributed by atoms with Gasteiger partial charge >= 0.3 is 0 Å². The van der Waals surface area contributed by atoms with Crippen molar-refractivity contribution in [3.63, 3.8) is 0 Å². The van der Waals surface area contributed by atoms with Crippen LogP contribution in [0, 0.1) is 0 Å². The van der Waals surface area contributed by atoms with Crippen LogP contribution in [-0.4, -0.2) is 30.0 Å². The maximum absolute atomic E-state index is 12.4. The summed E-state index contributed by atoms with van der Waals surface area (Å²) >= 11 is 6.00. The number of carbonyl (C=O) groups is 1. The van der Waals surface area contributed by atoms with Gasteiger partial charge in [0.15, 0.2) is 6.10 Å². The van der Waals surface area contributed by atoms with Gasteiger partial charge in [0.05, 0.1) is 0 Å². The fourth-order valence-corrected chi connectivity index (χ4v) is 2.78. The summed E-state index contributed by atoms with van der Waals surface area (Å²) in [5, 5.41) is 0.615. The van der Waals surface area contributed by atoms with E-state index in [2.05, 4.69) is 0 Å². The number of amides is 1. The summed E-state index contributed by atoms with van der Waals surface area (Å²) in [6.45, 7) is 5.31. The first-order valence-electron chi connectivity index (χ1n) is 7.49. The number of piperidine rings is 1. The summed E-state index contributed by atoms with van der Waals surface area (Å²) in [5.74, 6) is 0.674. The van der Waals surface area contributed by atoms with E-state index in [-0.39, 0.29) is 11.9 Å². The van der Waals surface area contributed by atoms with E-state index in [0.717, 1.165) is 31.5 Å². The minimum Gasteiger partial charge on any atom is -0.481 e. The van der Waals surface area contributed by atoms with Crippen LogP contribution in [0.1, 0.15) is 44.7 Å². The van der Waals surface area contributed by atoms with E-state index in [9.17, 15) is 4.79 Å². The molecular formula is C16H23ClN2O2. The molecule has 1 amide bonds. The zero-order chi connectivity index (χ0) is 15.4. The topological polar surface area (TPSA) is 55.6 Å². The van der Waals surface area contributed by atoms with Gasteiger partial charge in [-0.1, -0.05) is 11.6 Å². The Balaban J connectivity index is 2.08. The lowest BCUT2D eigenvalue weighted by atomic mass is 10.1. The fourth-order valence-electron chi connectivity index (χ4n) is 2.59. The van der Waals surface area contributed by atoms with Crippen LogP contribution in [0.2, 0.25) is 5.02 Å². The summed E-state index contributed by atoms with van der Waals surface area (Å²) in [5.41, 5.74) is 6.76. The molecule has 0 saturated carbocycles. The average Bonchev–Trinajstić information content (AvgIpc) is 2.49. The second kappa shape index (κ2) is 7.14. The zero-order valence-electron chi connectivity index (χ0n) is 12.6. The van der Waals surface area contributed by atoms with Gasteiger partial charge in [0.1, 0.15) is 5.75 Å². The van der Waals surface area contributed by atoms with Gasteiger partial charge in [-0.15, -0.1) is 0 Å². The average molecular weight is 311 g/mol. The number of halogens is 1. The minimum atomic E-state index is -0.512. The Hall–Kier alpha value is -1.26. The number of nitrogens with two attached hydrogens (primary N) is 1. The summed E-state index contributed by atoms with van der Waals surface area (Å²) in [6.07, 6.45) is 2.83. The van der Waals surface area contributed by atoms with E-state index >= 15 is 0 Å². The third-order valence-corrected chi connectivity index (χ3v) is 4.02. The third-order valence-electron chi connectivity index (χ3n) is 3.78. The number of carbonyl (C=O) groups excluding carboxylic acids is 1. The standard InChI is InChI=1S/C16H23ClN2O2/c1-11(18)14-10-13(17)6-7-15(14)21-12(2)16(20)19-8-4-3-5-9-19/h6-7,10-12H,3-5,8-9,18H2,1-2H3/t11-,12?/m0/s1. The van der Waals surface area contributed by atoms with Crippen LogP contribution in [0.5, 0.6) is 5.75 Å². The number of hydrogen-bond acceptors (Lipinski definition) is 3. The highest BCUT2D eigenvalue weighted by atomic mass is 35.5. The smallest absolute Gasteiger partial charge is 0.263 e. The van der Waals surface area contributed by atoms with E-state index in [1.54, 1.807) is 25.1 Å². The Bertz CT molecular complexity index is 499. The van der Waals surface area contributed by atoms with Gasteiger partial charge < -0.3 is 15.4 Å². The van der Waals surface area contributed by atoms with Crippen LogP contribution in [0.25, 0.3) is 0 Å². The number of likely N-dealkylation sites (tertiary alicyclic amines) is 1. The number of rotatable bonds is 4. The summed E-state index contributed by atoms with van der Waals surface area (Å²) in [7, 11) is 0. The number of benzene rings is 1. The molecule has 2 atom stereocenters. The van der Waals surface area contributed by atoms with Crippen molar-refractivity contribution in [3.05, 3.63) is 28.8 Å². The van der Waals surface area contributed by atoms with E-state index < -0.39 is 6.10 Å². The quantitative estimate of drug-likeness (QED) is 0.929. The van der Waals surface area contributed by atoms with Crippen molar-refractivity contribution in [1.29, 1.82) is 0 Å². The van der Waals surface area contributed by atoms with Gasteiger partial charge in [-0.3, -0.25) is 4.79 Å². The van der Waals surface area contributed by atoms with Crippen LogP contribution >= 0.6 is 11.6 Å². The predicted octanol–water partition coefficient (Wildman–Crippen LogP) is 3.14. The van der Waals surface area contributed by atoms with Crippen LogP contribution in [0.3, 0.4) is 0 Å². The van der Waals surface area contributed by atoms with E-state index in [1.807, 2.05) is 11.8 Å². The lowest BCUT2D eigenvalue weighted by molar-refractivity contribution is -0.138. The van der Waals surface area contributed by atoms with Crippen molar-refractivity contribution >= 4 is 17.5 Å². The van der Waals surface area contributed by atoms with Crippen molar-refractivity contribution in [1.82, 2.24) is 4.90 Å². The summed E-state index contributed by atoms with van der Waals surface area (Å²) < 4.78 is 5.85. The highest BCUT2D eigenvalue weighted by Gasteiger charge is 2.24. The fraction of sp³-hybridized carbons (Fsp3) is 0.562. The number of ether oxygens (including phenoxy) is 1. The van der Waals surface area contributed by atoms with Gasteiger partial charge in [-0.2, -0.15) is 0 Å². The first-order valence-corrected chi connectivity index (χ1v) is 7.87. The molecule has 1 aliphatic heterocycles. The van der Waals surface area contributed by atoms with Gasteiger partial charge in [-0.05, 0) is 51.3 Å². The van der Waals surface area contributed by atoms with Crippen molar-refractivity contribution in [2.24, 2.45) is 5.73 Å². The largest absolute Gasteiger partial charge is 0.481 e. The zero-order valence-corrected chi connectivity index (χ0v) is 13.4. The van der Waals surface area contributed by atoms with Gasteiger partial charge in [-0.25, -0.2) is 0 Å². The van der Waals surface area contributed by atoms with Crippen molar-refractivity contribution in [2.75, 3.05) is 13.1 Å². The van der Waals surface area contributed by atoms with Crippen LogP contribution in [0.15, 0.2) is 18.2 Å². The molecule has 1 fully saturated rings. The first kappa shape index (κ1) is 16.1. The second-order valence-electron chi connectivity index (χ2n) is 5.62. The Morgan fingerprint density at radius 2 is 1.95 bits per heavy atom. The summed E-state index contributed by atoms with van der Waals surface area (Å²) in [4.78, 5) is 14.3. The SMILES string of the molecule is CC(Oc1ccc(Cl)cc1[C@H](C)N)C(=O)N1CCCCC1. The van der Waals surface area contributed by atoms with Crippen LogP contribution in [-0.2, 0) is 4.79 Å².